The summed E-state index contributed by atoms with van der Waals surface area (Å²) < 4.78 is 1.90. The number of aryl methyl sites for hydroxylation is 1. The highest BCUT2D eigenvalue weighted by atomic mass is 127. The van der Waals surface area contributed by atoms with Crippen LogP contribution in [0.25, 0.3) is 5.69 Å². The van der Waals surface area contributed by atoms with E-state index in [-0.39, 0.29) is 24.0 Å². The number of rotatable bonds is 7. The highest BCUT2D eigenvalue weighted by molar-refractivity contribution is 14.0. The summed E-state index contributed by atoms with van der Waals surface area (Å²) in [4.78, 5) is 11.4. The zero-order chi connectivity index (χ0) is 19.1. The van der Waals surface area contributed by atoms with Gasteiger partial charge in [0.25, 0.3) is 0 Å². The lowest BCUT2D eigenvalue weighted by Crippen LogP contribution is -2.38. The number of hydrogen-bond acceptors (Lipinski definition) is 4. The molecule has 3 rings (SSSR count). The summed E-state index contributed by atoms with van der Waals surface area (Å²) in [5.41, 5.74) is 3.32. The fourth-order valence-corrected chi connectivity index (χ4v) is 3.37. The van der Waals surface area contributed by atoms with E-state index >= 15 is 0 Å². The van der Waals surface area contributed by atoms with Crippen LogP contribution in [0.4, 0.5) is 0 Å². The van der Waals surface area contributed by atoms with Crippen LogP contribution < -0.4 is 5.32 Å². The van der Waals surface area contributed by atoms with Crippen LogP contribution >= 0.6 is 35.3 Å². The lowest BCUT2D eigenvalue weighted by atomic mass is 10.2. The van der Waals surface area contributed by atoms with E-state index in [9.17, 15) is 0 Å². The van der Waals surface area contributed by atoms with Crippen molar-refractivity contribution in [3.05, 3.63) is 64.4 Å². The number of nitrogens with zero attached hydrogens (tertiary/aromatic N) is 5. The lowest BCUT2D eigenvalue weighted by Gasteiger charge is -2.21. The lowest BCUT2D eigenvalue weighted by molar-refractivity contribution is 0.471. The first-order valence-electron chi connectivity index (χ1n) is 9.15. The van der Waals surface area contributed by atoms with Gasteiger partial charge < -0.3 is 10.2 Å². The number of guanidine groups is 1. The number of para-hydroxylation sites is 1. The molecule has 0 aliphatic rings. The molecule has 1 aromatic carbocycles. The van der Waals surface area contributed by atoms with Crippen molar-refractivity contribution >= 4 is 41.3 Å². The van der Waals surface area contributed by atoms with E-state index in [1.54, 1.807) is 11.3 Å². The van der Waals surface area contributed by atoms with Crippen LogP contribution in [0.2, 0.25) is 0 Å². The summed E-state index contributed by atoms with van der Waals surface area (Å²) in [6.07, 6.45) is 4.84. The second-order valence-corrected chi connectivity index (χ2v) is 7.39. The average molecular weight is 510 g/mol. The Hall–Kier alpha value is -1.94. The molecule has 1 N–H and O–H groups in total. The number of nitrogens with one attached hydrogen (secondary N) is 1. The Morgan fingerprint density at radius 1 is 1.29 bits per heavy atom. The molecule has 0 spiro atoms. The van der Waals surface area contributed by atoms with E-state index in [1.807, 2.05) is 55.2 Å². The molecule has 0 atom stereocenters. The molecule has 3 aromatic rings. The zero-order valence-corrected chi connectivity index (χ0v) is 19.6. The monoisotopic (exact) mass is 510 g/mol. The molecule has 0 amide bonds. The molecule has 0 bridgehead atoms. The fourth-order valence-electron chi connectivity index (χ4n) is 2.77. The molecule has 2 aromatic heterocycles. The van der Waals surface area contributed by atoms with Crippen LogP contribution in [0.15, 0.2) is 53.1 Å². The van der Waals surface area contributed by atoms with Gasteiger partial charge in [0.2, 0.25) is 0 Å². The Morgan fingerprint density at radius 2 is 2.07 bits per heavy atom. The van der Waals surface area contributed by atoms with Crippen molar-refractivity contribution < 1.29 is 0 Å². The van der Waals surface area contributed by atoms with Gasteiger partial charge in [-0.2, -0.15) is 5.10 Å². The van der Waals surface area contributed by atoms with Crippen molar-refractivity contribution in [2.75, 3.05) is 20.1 Å². The standard InChI is InChI=1S/C20H26N6S.HI/c1-4-21-20(25(3)14-18-15-27-16(2)24-18)22-11-10-17-12-23-26(13-17)19-8-6-5-7-9-19;/h5-9,12-13,15H,4,10-11,14H2,1-3H3,(H,21,22);1H. The largest absolute Gasteiger partial charge is 0.357 e. The van der Waals surface area contributed by atoms with Crippen molar-refractivity contribution in [1.29, 1.82) is 0 Å². The topological polar surface area (TPSA) is 58.3 Å². The zero-order valence-electron chi connectivity index (χ0n) is 16.5. The predicted octanol–water partition coefficient (Wildman–Crippen LogP) is 3.90. The van der Waals surface area contributed by atoms with E-state index in [0.29, 0.717) is 6.54 Å². The minimum absolute atomic E-state index is 0. The first kappa shape index (κ1) is 22.4. The molecule has 6 nitrogen and oxygen atoms in total. The maximum absolute atomic E-state index is 4.76. The molecule has 0 unspecified atom stereocenters. The van der Waals surface area contributed by atoms with Gasteiger partial charge in [0, 0.05) is 31.7 Å². The van der Waals surface area contributed by atoms with Crippen molar-refractivity contribution in [3.63, 3.8) is 0 Å². The molecule has 0 aliphatic carbocycles. The summed E-state index contributed by atoms with van der Waals surface area (Å²) in [5, 5.41) is 11.0. The van der Waals surface area contributed by atoms with Crippen LogP contribution in [0.5, 0.6) is 0 Å². The number of benzene rings is 1. The third-order valence-electron chi connectivity index (χ3n) is 4.08. The molecule has 0 fully saturated rings. The average Bonchev–Trinajstić information content (AvgIpc) is 3.31. The van der Waals surface area contributed by atoms with Gasteiger partial charge in [-0.25, -0.2) is 9.67 Å². The summed E-state index contributed by atoms with van der Waals surface area (Å²) in [6, 6.07) is 10.1. The third kappa shape index (κ3) is 6.30. The Balaban J connectivity index is 0.00000280. The number of halogens is 1. The summed E-state index contributed by atoms with van der Waals surface area (Å²) in [7, 11) is 2.05. The molecule has 28 heavy (non-hydrogen) atoms. The van der Waals surface area contributed by atoms with Crippen LogP contribution in [-0.4, -0.2) is 45.8 Å². The summed E-state index contributed by atoms with van der Waals surface area (Å²) >= 11 is 1.68. The molecule has 2 heterocycles. The second-order valence-electron chi connectivity index (χ2n) is 6.33. The van der Waals surface area contributed by atoms with Gasteiger partial charge in [-0.15, -0.1) is 35.3 Å². The Kier molecular flexibility index (Phi) is 8.91. The normalized spacial score (nSPS) is 11.2. The SMILES string of the molecule is CCNC(=NCCc1cnn(-c2ccccc2)c1)N(C)Cc1csc(C)n1.I. The minimum Gasteiger partial charge on any atom is -0.357 e. The van der Waals surface area contributed by atoms with E-state index < -0.39 is 0 Å². The van der Waals surface area contributed by atoms with E-state index in [4.69, 9.17) is 4.99 Å². The van der Waals surface area contributed by atoms with Crippen molar-refractivity contribution in [1.82, 2.24) is 25.0 Å². The summed E-state index contributed by atoms with van der Waals surface area (Å²) in [6.45, 7) is 6.42. The molecular weight excluding hydrogens is 483 g/mol. The van der Waals surface area contributed by atoms with Gasteiger partial charge >= 0.3 is 0 Å². The smallest absolute Gasteiger partial charge is 0.194 e. The van der Waals surface area contributed by atoms with Gasteiger partial charge in [0.15, 0.2) is 5.96 Å². The van der Waals surface area contributed by atoms with Crippen LogP contribution in [-0.2, 0) is 13.0 Å². The first-order valence-corrected chi connectivity index (χ1v) is 10.0. The number of aliphatic imine (C=N–C) groups is 1. The van der Waals surface area contributed by atoms with Gasteiger partial charge in [-0.05, 0) is 38.0 Å². The third-order valence-corrected chi connectivity index (χ3v) is 4.90. The Morgan fingerprint density at radius 3 is 2.75 bits per heavy atom. The first-order chi connectivity index (χ1) is 13.2. The van der Waals surface area contributed by atoms with Gasteiger partial charge in [0.1, 0.15) is 0 Å². The fraction of sp³-hybridized carbons (Fsp3) is 0.350. The van der Waals surface area contributed by atoms with Gasteiger partial charge in [-0.3, -0.25) is 4.99 Å². The summed E-state index contributed by atoms with van der Waals surface area (Å²) in [5.74, 6) is 0.901. The van der Waals surface area contributed by atoms with Crippen LogP contribution in [0.1, 0.15) is 23.2 Å². The molecular formula is C20H27IN6S. The Labute approximate surface area is 187 Å². The molecule has 150 valence electrons. The highest BCUT2D eigenvalue weighted by Crippen LogP contribution is 2.10. The highest BCUT2D eigenvalue weighted by Gasteiger charge is 2.08. The van der Waals surface area contributed by atoms with Crippen LogP contribution in [0.3, 0.4) is 0 Å². The molecule has 0 radical (unpaired) electrons. The molecule has 0 saturated carbocycles. The molecule has 0 saturated heterocycles. The van der Waals surface area contributed by atoms with E-state index in [1.165, 1.54) is 5.56 Å². The minimum atomic E-state index is 0. The van der Waals surface area contributed by atoms with E-state index in [0.717, 1.165) is 41.9 Å². The quantitative estimate of drug-likeness (QED) is 0.298. The van der Waals surface area contributed by atoms with Crippen molar-refractivity contribution in [2.45, 2.75) is 26.8 Å². The van der Waals surface area contributed by atoms with Crippen molar-refractivity contribution in [2.24, 2.45) is 4.99 Å². The second kappa shape index (κ2) is 11.2. The Bertz CT molecular complexity index is 874. The number of aromatic nitrogens is 3. The van der Waals surface area contributed by atoms with Crippen molar-refractivity contribution in [3.8, 4) is 5.69 Å². The molecule has 8 heteroatoms. The van der Waals surface area contributed by atoms with Crippen LogP contribution in [0, 0.1) is 6.92 Å². The number of hydrogen-bond donors (Lipinski definition) is 1. The maximum atomic E-state index is 4.76. The maximum Gasteiger partial charge on any atom is 0.194 e. The van der Waals surface area contributed by atoms with Gasteiger partial charge in [-0.1, -0.05) is 18.2 Å². The van der Waals surface area contributed by atoms with Gasteiger partial charge in [0.05, 0.1) is 29.1 Å². The number of thiazole rings is 1. The van der Waals surface area contributed by atoms with E-state index in [2.05, 4.69) is 38.8 Å². The molecule has 0 aliphatic heterocycles. The predicted molar refractivity (Wildman–Crippen MR) is 127 cm³/mol.